The second kappa shape index (κ2) is 7.73. The minimum Gasteiger partial charge on any atom is -0.741 e. The van der Waals surface area contributed by atoms with Crippen LogP contribution in [0.25, 0.3) is 0 Å². The van der Waals surface area contributed by atoms with E-state index in [-0.39, 0.29) is 0 Å². The second-order valence-electron chi connectivity index (χ2n) is 6.76. The van der Waals surface area contributed by atoms with Gasteiger partial charge in [0.1, 0.15) is 18.9 Å². The molecule has 0 aromatic rings. The number of halogens is 3. The molecule has 2 aliphatic rings. The van der Waals surface area contributed by atoms with Crippen LogP contribution in [0.3, 0.4) is 0 Å². The lowest BCUT2D eigenvalue weighted by molar-refractivity contribution is -0.0517. The quantitative estimate of drug-likeness (QED) is 0.242. The molecule has 0 aromatic carbocycles. The van der Waals surface area contributed by atoms with E-state index in [1.165, 1.54) is 31.8 Å². The minimum atomic E-state index is -6.09. The van der Waals surface area contributed by atoms with Crippen molar-refractivity contribution < 1.29 is 35.3 Å². The van der Waals surface area contributed by atoms with Gasteiger partial charge in [-0.25, -0.2) is 8.42 Å². The van der Waals surface area contributed by atoms with E-state index < -0.39 is 23.9 Å². The molecule has 10 heteroatoms. The summed E-state index contributed by atoms with van der Waals surface area (Å²) >= 11 is 0. The average Bonchev–Trinajstić information content (AvgIpc) is 2.93. The van der Waals surface area contributed by atoms with Crippen LogP contribution in [0, 0.1) is 17.9 Å². The number of hydrogen-bond acceptors (Lipinski definition) is 5. The molecule has 136 valence electrons. The molecule has 0 aromatic heterocycles. The first-order valence-corrected chi connectivity index (χ1v) is 12.3. The third-order valence-electron chi connectivity index (χ3n) is 3.68. The highest BCUT2D eigenvalue weighted by Gasteiger charge is 2.50. The third kappa shape index (κ3) is 7.42. The monoisotopic (exact) mass is 376 g/mol. The molecule has 0 spiro atoms. The van der Waals surface area contributed by atoms with Gasteiger partial charge in [0.15, 0.2) is 18.4 Å². The molecule has 0 radical (unpaired) electrons. The van der Waals surface area contributed by atoms with E-state index in [9.17, 15) is 13.2 Å². The Hall–Kier alpha value is -0.293. The van der Waals surface area contributed by atoms with Gasteiger partial charge in [-0.3, -0.25) is 0 Å². The molecule has 0 amide bonds. The van der Waals surface area contributed by atoms with Crippen molar-refractivity contribution in [3.8, 4) is 0 Å². The van der Waals surface area contributed by atoms with Crippen molar-refractivity contribution in [3.63, 3.8) is 0 Å². The first kappa shape index (κ1) is 20.8. The molecule has 0 N–H and O–H groups in total. The highest BCUT2D eigenvalue weighted by atomic mass is 32.2. The van der Waals surface area contributed by atoms with Crippen molar-refractivity contribution in [2.45, 2.75) is 50.8 Å². The molecule has 0 heterocycles. The average molecular weight is 376 g/mol. The summed E-state index contributed by atoms with van der Waals surface area (Å²) < 4.78 is 70.5. The molecular formula is C13H23F3O5SSi. The van der Waals surface area contributed by atoms with Crippen LogP contribution in [-0.4, -0.2) is 40.0 Å². The van der Waals surface area contributed by atoms with Crippen molar-refractivity contribution in [1.82, 2.24) is 0 Å². The Bertz CT molecular complexity index is 475. The van der Waals surface area contributed by atoms with Crippen molar-refractivity contribution in [3.05, 3.63) is 6.10 Å². The van der Waals surface area contributed by atoms with Gasteiger partial charge in [-0.05, 0) is 32.5 Å². The van der Waals surface area contributed by atoms with E-state index in [0.29, 0.717) is 0 Å². The van der Waals surface area contributed by atoms with Gasteiger partial charge in [0.2, 0.25) is 6.10 Å². The number of ether oxygens (including phenoxy) is 1. The van der Waals surface area contributed by atoms with Crippen LogP contribution >= 0.6 is 0 Å². The number of alkyl halides is 3. The normalized spacial score (nSPS) is 24.6. The van der Waals surface area contributed by atoms with Gasteiger partial charge in [-0.1, -0.05) is 0 Å². The lowest BCUT2D eigenvalue weighted by atomic mass is 9.98. The summed E-state index contributed by atoms with van der Waals surface area (Å²) in [5.74, 6) is 1.74. The fourth-order valence-corrected chi connectivity index (χ4v) is 3.40. The largest absolute Gasteiger partial charge is 0.741 e. The zero-order valence-corrected chi connectivity index (χ0v) is 15.3. The summed E-state index contributed by atoms with van der Waals surface area (Å²) in [6.07, 6.45) is 6.81. The fraction of sp³-hybridized carbons (Fsp3) is 0.923. The SMILES string of the molecule is C[Si](C)(C)OCCO[C+]1C[C@H]2CC[C@@H]1C2.O=S(=O)([O-])C(F)(F)F. The van der Waals surface area contributed by atoms with Crippen LogP contribution in [-0.2, 0) is 19.3 Å². The van der Waals surface area contributed by atoms with Gasteiger partial charge < -0.3 is 8.98 Å². The van der Waals surface area contributed by atoms with E-state index in [4.69, 9.17) is 22.1 Å². The Morgan fingerprint density at radius 2 is 1.78 bits per heavy atom. The van der Waals surface area contributed by atoms with Gasteiger partial charge in [-0.2, -0.15) is 17.9 Å². The maximum absolute atomic E-state index is 10.7. The third-order valence-corrected chi connectivity index (χ3v) is 5.31. The summed E-state index contributed by atoms with van der Waals surface area (Å²) in [4.78, 5) is 0. The van der Waals surface area contributed by atoms with E-state index in [1.807, 2.05) is 0 Å². The molecular weight excluding hydrogens is 353 g/mol. The standard InChI is InChI=1S/C12H23O2Si.CHF3O3S/c1-15(2,3)14-7-6-13-12-9-10-4-5-11(12)8-10;2-1(3,4)8(5,6)7/h10-11H,4-9H2,1-3H3;(H,5,6,7)/q+1;/p-1/t10-,11+;/m0./s1. The zero-order chi connectivity index (χ0) is 17.9. The summed E-state index contributed by atoms with van der Waals surface area (Å²) in [5.41, 5.74) is -5.65. The van der Waals surface area contributed by atoms with E-state index in [2.05, 4.69) is 19.6 Å². The van der Waals surface area contributed by atoms with Crippen molar-refractivity contribution in [2.24, 2.45) is 11.8 Å². The molecule has 23 heavy (non-hydrogen) atoms. The molecule has 0 aliphatic heterocycles. The van der Waals surface area contributed by atoms with Gasteiger partial charge in [0.05, 0.1) is 6.61 Å². The molecule has 5 nitrogen and oxygen atoms in total. The first-order valence-electron chi connectivity index (χ1n) is 7.44. The Morgan fingerprint density at radius 3 is 2.13 bits per heavy atom. The van der Waals surface area contributed by atoms with E-state index >= 15 is 0 Å². The van der Waals surface area contributed by atoms with Crippen molar-refractivity contribution in [2.75, 3.05) is 13.2 Å². The Balaban J connectivity index is 0.000000284. The van der Waals surface area contributed by atoms with Crippen molar-refractivity contribution in [1.29, 1.82) is 0 Å². The topological polar surface area (TPSA) is 75.7 Å². The molecule has 0 unspecified atom stereocenters. The highest BCUT2D eigenvalue weighted by molar-refractivity contribution is 7.86. The Morgan fingerprint density at radius 1 is 1.22 bits per heavy atom. The molecule has 2 saturated carbocycles. The molecule has 2 atom stereocenters. The van der Waals surface area contributed by atoms with Crippen molar-refractivity contribution >= 4 is 18.4 Å². The predicted molar refractivity (Wildman–Crippen MR) is 79.7 cm³/mol. The van der Waals surface area contributed by atoms with Crippen LogP contribution in [0.5, 0.6) is 0 Å². The summed E-state index contributed by atoms with van der Waals surface area (Å²) in [6.45, 7) is 8.20. The Kier molecular flexibility index (Phi) is 6.97. The fourth-order valence-electron chi connectivity index (χ4n) is 2.70. The second-order valence-corrected chi connectivity index (χ2v) is 12.6. The van der Waals surface area contributed by atoms with E-state index in [1.54, 1.807) is 0 Å². The molecule has 2 rings (SSSR count). The lowest BCUT2D eigenvalue weighted by Crippen LogP contribution is -2.27. The maximum Gasteiger partial charge on any atom is 0.485 e. The molecule has 2 aliphatic carbocycles. The smallest absolute Gasteiger partial charge is 0.485 e. The summed E-state index contributed by atoms with van der Waals surface area (Å²) in [6, 6.07) is 0. The van der Waals surface area contributed by atoms with Crippen LogP contribution < -0.4 is 0 Å². The lowest BCUT2D eigenvalue weighted by Gasteiger charge is -2.17. The highest BCUT2D eigenvalue weighted by Crippen LogP contribution is 2.49. The zero-order valence-electron chi connectivity index (χ0n) is 13.5. The Labute approximate surface area is 136 Å². The van der Waals surface area contributed by atoms with Crippen LogP contribution in [0.15, 0.2) is 0 Å². The van der Waals surface area contributed by atoms with Crippen LogP contribution in [0.2, 0.25) is 19.6 Å². The van der Waals surface area contributed by atoms with Gasteiger partial charge >= 0.3 is 5.51 Å². The van der Waals surface area contributed by atoms with E-state index in [0.717, 1.165) is 25.0 Å². The predicted octanol–water partition coefficient (Wildman–Crippen LogP) is 3.26. The molecule has 0 saturated heterocycles. The summed E-state index contributed by atoms with van der Waals surface area (Å²) in [5, 5.41) is 0. The minimum absolute atomic E-state index is 0.767. The number of fused-ring (bicyclic) bond motifs is 2. The van der Waals surface area contributed by atoms with Gasteiger partial charge in [0, 0.05) is 12.3 Å². The van der Waals surface area contributed by atoms with Gasteiger partial charge in [-0.15, -0.1) is 0 Å². The van der Waals surface area contributed by atoms with Gasteiger partial charge in [0.25, 0.3) is 0 Å². The molecule has 2 fully saturated rings. The number of rotatable bonds is 5. The van der Waals surface area contributed by atoms with Crippen LogP contribution in [0.4, 0.5) is 13.2 Å². The summed E-state index contributed by atoms with van der Waals surface area (Å²) in [7, 11) is -7.43. The first-order chi connectivity index (χ1) is 10.3. The molecule has 2 bridgehead atoms. The maximum atomic E-state index is 10.7. The number of hydrogen-bond donors (Lipinski definition) is 0. The van der Waals surface area contributed by atoms with Crippen LogP contribution in [0.1, 0.15) is 25.7 Å².